The number of hydrogen-bond acceptors (Lipinski definition) is 7. The molecule has 1 aromatic heterocycles. The molecule has 0 aliphatic carbocycles. The molecule has 3 fully saturated rings. The molecular weight excluding hydrogens is 438 g/mol. The van der Waals surface area contributed by atoms with E-state index in [9.17, 15) is 9.59 Å². The van der Waals surface area contributed by atoms with Gasteiger partial charge in [0.2, 0.25) is 11.8 Å². The van der Waals surface area contributed by atoms with Crippen molar-refractivity contribution in [2.24, 2.45) is 0 Å². The highest BCUT2D eigenvalue weighted by Crippen LogP contribution is 2.33. The predicted molar refractivity (Wildman–Crippen MR) is 128 cm³/mol. The summed E-state index contributed by atoms with van der Waals surface area (Å²) in [6.07, 6.45) is 2.13. The minimum absolute atomic E-state index is 0.192. The number of likely N-dealkylation sites (tertiary alicyclic amines) is 1. The van der Waals surface area contributed by atoms with Crippen LogP contribution in [0, 0.1) is 0 Å². The molecule has 4 heterocycles. The number of rotatable bonds is 5. The standard InChI is InChI=1S/C24H33N5O3S/c30-22(28-12-14-32-15-13-28)17-26-8-10-27(11-9-26)18-23(31)29-7-3-4-19(16-29)24-25-20-5-1-2-6-21(20)33-24/h1-2,5-6,19H,3-4,7-18H2/t19-/m1/s1. The van der Waals surface area contributed by atoms with Gasteiger partial charge in [0, 0.05) is 58.3 Å². The largest absolute Gasteiger partial charge is 0.378 e. The molecule has 0 spiro atoms. The van der Waals surface area contributed by atoms with E-state index < -0.39 is 0 Å². The van der Waals surface area contributed by atoms with Crippen molar-refractivity contribution in [3.8, 4) is 0 Å². The lowest BCUT2D eigenvalue weighted by atomic mass is 9.98. The van der Waals surface area contributed by atoms with Gasteiger partial charge in [-0.2, -0.15) is 0 Å². The molecule has 0 radical (unpaired) electrons. The van der Waals surface area contributed by atoms with Crippen LogP contribution in [0.15, 0.2) is 24.3 Å². The van der Waals surface area contributed by atoms with Crippen LogP contribution < -0.4 is 0 Å². The van der Waals surface area contributed by atoms with E-state index in [1.54, 1.807) is 11.3 Å². The van der Waals surface area contributed by atoms with Crippen LogP contribution in [0.5, 0.6) is 0 Å². The van der Waals surface area contributed by atoms with Crippen molar-refractivity contribution in [1.29, 1.82) is 0 Å². The number of piperazine rings is 1. The van der Waals surface area contributed by atoms with E-state index in [1.807, 2.05) is 15.9 Å². The zero-order chi connectivity index (χ0) is 22.6. The minimum Gasteiger partial charge on any atom is -0.378 e. The molecule has 9 heteroatoms. The highest BCUT2D eigenvalue weighted by molar-refractivity contribution is 7.18. The number of aromatic nitrogens is 1. The number of hydrogen-bond donors (Lipinski definition) is 0. The second kappa shape index (κ2) is 10.5. The summed E-state index contributed by atoms with van der Waals surface area (Å²) in [4.78, 5) is 38.8. The number of morpholine rings is 1. The first-order valence-electron chi connectivity index (χ1n) is 12.1. The maximum atomic E-state index is 13.1. The van der Waals surface area contributed by atoms with Gasteiger partial charge in [-0.1, -0.05) is 12.1 Å². The van der Waals surface area contributed by atoms with E-state index in [2.05, 4.69) is 28.0 Å². The van der Waals surface area contributed by atoms with Crippen molar-refractivity contribution >= 4 is 33.4 Å². The van der Waals surface area contributed by atoms with Gasteiger partial charge in [0.25, 0.3) is 0 Å². The topological polar surface area (TPSA) is 69.2 Å². The van der Waals surface area contributed by atoms with Crippen molar-refractivity contribution < 1.29 is 14.3 Å². The van der Waals surface area contributed by atoms with Crippen LogP contribution in [0.1, 0.15) is 23.8 Å². The number of nitrogens with zero attached hydrogens (tertiary/aromatic N) is 5. The molecule has 3 saturated heterocycles. The lowest BCUT2D eigenvalue weighted by Gasteiger charge is -2.37. The SMILES string of the molecule is O=C(CN1CCN(CC(=O)N2CCC[C@@H](c3nc4ccccc4s3)C2)CC1)N1CCOCC1. The normalized spacial score (nSPS) is 23.2. The molecule has 3 aliphatic heterocycles. The predicted octanol–water partition coefficient (Wildman–Crippen LogP) is 1.48. The number of fused-ring (bicyclic) bond motifs is 1. The van der Waals surface area contributed by atoms with E-state index in [4.69, 9.17) is 9.72 Å². The molecule has 0 unspecified atom stereocenters. The summed E-state index contributed by atoms with van der Waals surface area (Å²) in [6.45, 7) is 8.54. The first kappa shape index (κ1) is 22.7. The zero-order valence-corrected chi connectivity index (χ0v) is 20.0. The third kappa shape index (κ3) is 5.54. The Morgan fingerprint density at radius 3 is 2.27 bits per heavy atom. The molecule has 8 nitrogen and oxygen atoms in total. The lowest BCUT2D eigenvalue weighted by molar-refractivity contribution is -0.138. The molecule has 1 aromatic carbocycles. The average molecular weight is 472 g/mol. The molecule has 178 valence electrons. The van der Waals surface area contributed by atoms with E-state index in [-0.39, 0.29) is 11.8 Å². The van der Waals surface area contributed by atoms with Gasteiger partial charge in [0.05, 0.1) is 41.5 Å². The Labute approximate surface area is 199 Å². The summed E-state index contributed by atoms with van der Waals surface area (Å²) in [5, 5.41) is 1.16. The first-order chi connectivity index (χ1) is 16.2. The van der Waals surface area contributed by atoms with Gasteiger partial charge in [0.1, 0.15) is 0 Å². The van der Waals surface area contributed by atoms with Crippen LogP contribution in [-0.2, 0) is 14.3 Å². The number of para-hydroxylation sites is 1. The van der Waals surface area contributed by atoms with Crippen LogP contribution in [0.2, 0.25) is 0 Å². The Hall–Kier alpha value is -2.07. The third-order valence-corrected chi connectivity index (χ3v) is 8.18. The lowest BCUT2D eigenvalue weighted by Crippen LogP contribution is -2.53. The fourth-order valence-corrected chi connectivity index (χ4v) is 6.06. The Morgan fingerprint density at radius 2 is 1.58 bits per heavy atom. The van der Waals surface area contributed by atoms with Crippen molar-refractivity contribution in [2.75, 3.05) is 78.7 Å². The molecule has 33 heavy (non-hydrogen) atoms. The summed E-state index contributed by atoms with van der Waals surface area (Å²) >= 11 is 1.77. The summed E-state index contributed by atoms with van der Waals surface area (Å²) in [6, 6.07) is 8.27. The van der Waals surface area contributed by atoms with Crippen LogP contribution in [0.25, 0.3) is 10.2 Å². The van der Waals surface area contributed by atoms with Crippen LogP contribution >= 0.6 is 11.3 Å². The Balaban J connectivity index is 1.08. The minimum atomic E-state index is 0.192. The Kier molecular flexibility index (Phi) is 7.20. The molecule has 3 aliphatic rings. The van der Waals surface area contributed by atoms with Crippen molar-refractivity contribution in [2.45, 2.75) is 18.8 Å². The highest BCUT2D eigenvalue weighted by atomic mass is 32.1. The average Bonchev–Trinajstić information content (AvgIpc) is 3.30. The van der Waals surface area contributed by atoms with Crippen molar-refractivity contribution in [3.63, 3.8) is 0 Å². The molecule has 0 bridgehead atoms. The highest BCUT2D eigenvalue weighted by Gasteiger charge is 2.29. The van der Waals surface area contributed by atoms with Gasteiger partial charge in [-0.15, -0.1) is 11.3 Å². The number of amides is 2. The van der Waals surface area contributed by atoms with Crippen LogP contribution in [0.3, 0.4) is 0 Å². The molecular formula is C24H33N5O3S. The quantitative estimate of drug-likeness (QED) is 0.658. The van der Waals surface area contributed by atoms with Gasteiger partial charge in [-0.3, -0.25) is 19.4 Å². The fourth-order valence-electron chi connectivity index (χ4n) is 4.97. The summed E-state index contributed by atoms with van der Waals surface area (Å²) in [5.41, 5.74) is 1.06. The Bertz CT molecular complexity index is 935. The van der Waals surface area contributed by atoms with Gasteiger partial charge in [-0.05, 0) is 25.0 Å². The zero-order valence-electron chi connectivity index (χ0n) is 19.2. The number of piperidine rings is 1. The molecule has 2 amide bonds. The number of benzene rings is 1. The summed E-state index contributed by atoms with van der Waals surface area (Å²) < 4.78 is 6.56. The maximum absolute atomic E-state index is 13.1. The fraction of sp³-hybridized carbons (Fsp3) is 0.625. The monoisotopic (exact) mass is 471 g/mol. The first-order valence-corrected chi connectivity index (χ1v) is 12.9. The third-order valence-electron chi connectivity index (χ3n) is 6.98. The second-order valence-corrected chi connectivity index (χ2v) is 10.3. The number of thiazole rings is 1. The van der Waals surface area contributed by atoms with Crippen molar-refractivity contribution in [3.05, 3.63) is 29.3 Å². The number of carbonyl (C=O) groups excluding carboxylic acids is 2. The van der Waals surface area contributed by atoms with E-state index in [0.29, 0.717) is 45.3 Å². The Morgan fingerprint density at radius 1 is 0.909 bits per heavy atom. The number of ether oxygens (including phenoxy) is 1. The molecule has 1 atom stereocenters. The molecule has 2 aromatic rings. The van der Waals surface area contributed by atoms with Gasteiger partial charge >= 0.3 is 0 Å². The van der Waals surface area contributed by atoms with Gasteiger partial charge in [0.15, 0.2) is 0 Å². The van der Waals surface area contributed by atoms with Crippen LogP contribution in [0.4, 0.5) is 0 Å². The van der Waals surface area contributed by atoms with Crippen molar-refractivity contribution in [1.82, 2.24) is 24.6 Å². The summed E-state index contributed by atoms with van der Waals surface area (Å²) in [7, 11) is 0. The molecule has 0 saturated carbocycles. The molecule has 0 N–H and O–H groups in total. The van der Waals surface area contributed by atoms with E-state index in [0.717, 1.165) is 62.6 Å². The van der Waals surface area contributed by atoms with Gasteiger partial charge < -0.3 is 14.5 Å². The van der Waals surface area contributed by atoms with E-state index >= 15 is 0 Å². The second-order valence-electron chi connectivity index (χ2n) is 9.24. The smallest absolute Gasteiger partial charge is 0.236 e. The van der Waals surface area contributed by atoms with E-state index in [1.165, 1.54) is 4.70 Å². The molecule has 5 rings (SSSR count). The van der Waals surface area contributed by atoms with Crippen LogP contribution in [-0.4, -0.2) is 115 Å². The maximum Gasteiger partial charge on any atom is 0.236 e. The van der Waals surface area contributed by atoms with Gasteiger partial charge in [-0.25, -0.2) is 4.98 Å². The number of carbonyl (C=O) groups is 2. The summed E-state index contributed by atoms with van der Waals surface area (Å²) in [5.74, 6) is 0.749.